The Balaban J connectivity index is 1.96. The van der Waals surface area contributed by atoms with E-state index < -0.39 is 0 Å². The second kappa shape index (κ2) is 8.47. The van der Waals surface area contributed by atoms with E-state index in [2.05, 4.69) is 0 Å². The predicted molar refractivity (Wildman–Crippen MR) is 93.6 cm³/mol. The van der Waals surface area contributed by atoms with E-state index in [4.69, 9.17) is 11.5 Å². The van der Waals surface area contributed by atoms with E-state index in [1.54, 1.807) is 24.3 Å². The summed E-state index contributed by atoms with van der Waals surface area (Å²) in [6.07, 6.45) is 1.58. The number of carbonyl (C=O) groups excluding carboxylic acids is 1. The molecule has 0 unspecified atom stereocenters. The normalized spacial score (nSPS) is 10.8. The highest BCUT2D eigenvalue weighted by Crippen LogP contribution is 2.24. The highest BCUT2D eigenvalue weighted by molar-refractivity contribution is 5.79. The summed E-state index contributed by atoms with van der Waals surface area (Å²) in [5, 5.41) is 19.9. The zero-order valence-corrected chi connectivity index (χ0v) is 13.7. The first kappa shape index (κ1) is 18.0. The van der Waals surface area contributed by atoms with Crippen molar-refractivity contribution in [1.82, 2.24) is 0 Å². The molecule has 2 aromatic carbocycles. The van der Waals surface area contributed by atoms with Crippen LogP contribution in [0.4, 0.5) is 0 Å². The molecule has 2 aromatic rings. The number of phenolic OH excluding ortho intramolecular Hbond substituents is 2. The summed E-state index contributed by atoms with van der Waals surface area (Å²) in [5.41, 5.74) is 14.5. The molecule has 0 bridgehead atoms. The molecule has 0 saturated heterocycles. The Morgan fingerprint density at radius 2 is 1.21 bits per heavy atom. The van der Waals surface area contributed by atoms with Gasteiger partial charge in [0.05, 0.1) is 0 Å². The van der Waals surface area contributed by atoms with Crippen LogP contribution in [-0.4, -0.2) is 16.0 Å². The number of aromatic hydroxyl groups is 2. The molecule has 24 heavy (non-hydrogen) atoms. The van der Waals surface area contributed by atoms with Crippen LogP contribution >= 0.6 is 0 Å². The first-order valence-corrected chi connectivity index (χ1v) is 8.08. The number of phenols is 2. The Labute approximate surface area is 141 Å². The van der Waals surface area contributed by atoms with Gasteiger partial charge in [-0.05, 0) is 47.2 Å². The SMILES string of the molecule is NCc1cccc(O)c1CCC(=O)CCc1c(O)cccc1CN. The number of rotatable bonds is 8. The Morgan fingerprint density at radius 1 is 0.792 bits per heavy atom. The number of benzene rings is 2. The lowest BCUT2D eigenvalue weighted by atomic mass is 9.96. The van der Waals surface area contributed by atoms with Gasteiger partial charge in [0.2, 0.25) is 0 Å². The minimum atomic E-state index is 0.0763. The molecule has 0 amide bonds. The van der Waals surface area contributed by atoms with Crippen molar-refractivity contribution in [1.29, 1.82) is 0 Å². The fourth-order valence-electron chi connectivity index (χ4n) is 2.86. The lowest BCUT2D eigenvalue weighted by Gasteiger charge is -2.11. The van der Waals surface area contributed by atoms with Crippen LogP contribution in [0.3, 0.4) is 0 Å². The Morgan fingerprint density at radius 3 is 1.58 bits per heavy atom. The maximum absolute atomic E-state index is 12.2. The molecular formula is C19H24N2O3. The number of Topliss-reactive ketones (excluding diaryl/α,β-unsaturated/α-hetero) is 1. The average Bonchev–Trinajstić information content (AvgIpc) is 2.59. The van der Waals surface area contributed by atoms with Crippen molar-refractivity contribution in [2.75, 3.05) is 0 Å². The van der Waals surface area contributed by atoms with Gasteiger partial charge in [0.15, 0.2) is 0 Å². The maximum Gasteiger partial charge on any atom is 0.133 e. The van der Waals surface area contributed by atoms with Gasteiger partial charge in [-0.15, -0.1) is 0 Å². The lowest BCUT2D eigenvalue weighted by molar-refractivity contribution is -0.119. The quantitative estimate of drug-likeness (QED) is 0.593. The molecule has 0 spiro atoms. The van der Waals surface area contributed by atoms with Crippen molar-refractivity contribution in [2.24, 2.45) is 11.5 Å². The predicted octanol–water partition coefficient (Wildman–Crippen LogP) is 2.15. The second-order valence-electron chi connectivity index (χ2n) is 5.78. The average molecular weight is 328 g/mol. The fraction of sp³-hybridized carbons (Fsp3) is 0.316. The van der Waals surface area contributed by atoms with E-state index >= 15 is 0 Å². The summed E-state index contributed by atoms with van der Waals surface area (Å²) in [4.78, 5) is 12.2. The van der Waals surface area contributed by atoms with Crippen molar-refractivity contribution in [3.05, 3.63) is 58.7 Å². The molecule has 0 fully saturated rings. The largest absolute Gasteiger partial charge is 0.508 e. The zero-order chi connectivity index (χ0) is 17.5. The van der Waals surface area contributed by atoms with E-state index in [0.717, 1.165) is 22.3 Å². The van der Waals surface area contributed by atoms with Gasteiger partial charge in [-0.3, -0.25) is 4.79 Å². The molecule has 0 atom stereocenters. The number of hydrogen-bond donors (Lipinski definition) is 4. The lowest BCUT2D eigenvalue weighted by Crippen LogP contribution is -2.08. The molecular weight excluding hydrogens is 304 g/mol. The molecule has 2 rings (SSSR count). The van der Waals surface area contributed by atoms with Crippen molar-refractivity contribution >= 4 is 5.78 Å². The van der Waals surface area contributed by atoms with Crippen LogP contribution in [0.2, 0.25) is 0 Å². The van der Waals surface area contributed by atoms with Crippen LogP contribution in [0, 0.1) is 0 Å². The second-order valence-corrected chi connectivity index (χ2v) is 5.78. The van der Waals surface area contributed by atoms with Gasteiger partial charge in [0.25, 0.3) is 0 Å². The third-order valence-corrected chi connectivity index (χ3v) is 4.24. The third-order valence-electron chi connectivity index (χ3n) is 4.24. The van der Waals surface area contributed by atoms with Gasteiger partial charge in [-0.1, -0.05) is 24.3 Å². The van der Waals surface area contributed by atoms with Gasteiger partial charge in [-0.2, -0.15) is 0 Å². The molecule has 6 N–H and O–H groups in total. The summed E-state index contributed by atoms with van der Waals surface area (Å²) in [7, 11) is 0. The molecule has 128 valence electrons. The molecule has 0 heterocycles. The first-order valence-electron chi connectivity index (χ1n) is 8.08. The van der Waals surface area contributed by atoms with Crippen molar-refractivity contribution in [3.8, 4) is 11.5 Å². The third kappa shape index (κ3) is 4.34. The number of ketones is 1. The summed E-state index contributed by atoms with van der Waals surface area (Å²) >= 11 is 0. The molecule has 0 aromatic heterocycles. The number of carbonyl (C=O) groups is 1. The molecule has 0 saturated carbocycles. The number of nitrogens with two attached hydrogens (primary N) is 2. The van der Waals surface area contributed by atoms with E-state index in [9.17, 15) is 15.0 Å². The molecule has 0 aliphatic rings. The highest BCUT2D eigenvalue weighted by Gasteiger charge is 2.12. The Hall–Kier alpha value is -2.37. The molecule has 0 radical (unpaired) electrons. The van der Waals surface area contributed by atoms with Crippen molar-refractivity contribution in [2.45, 2.75) is 38.8 Å². The minimum Gasteiger partial charge on any atom is -0.508 e. The fourth-order valence-corrected chi connectivity index (χ4v) is 2.86. The highest BCUT2D eigenvalue weighted by atomic mass is 16.3. The smallest absolute Gasteiger partial charge is 0.133 e. The Kier molecular flexibility index (Phi) is 6.35. The maximum atomic E-state index is 12.2. The van der Waals surface area contributed by atoms with E-state index in [0.29, 0.717) is 38.8 Å². The molecule has 5 nitrogen and oxygen atoms in total. The van der Waals surface area contributed by atoms with Gasteiger partial charge in [-0.25, -0.2) is 0 Å². The summed E-state index contributed by atoms with van der Waals surface area (Å²) in [6, 6.07) is 10.4. The first-order chi connectivity index (χ1) is 11.6. The zero-order valence-electron chi connectivity index (χ0n) is 13.7. The topological polar surface area (TPSA) is 110 Å². The van der Waals surface area contributed by atoms with Crippen LogP contribution < -0.4 is 11.5 Å². The number of hydrogen-bond acceptors (Lipinski definition) is 5. The van der Waals surface area contributed by atoms with E-state index in [1.807, 2.05) is 12.1 Å². The van der Waals surface area contributed by atoms with Crippen LogP contribution in [0.15, 0.2) is 36.4 Å². The van der Waals surface area contributed by atoms with Crippen molar-refractivity contribution < 1.29 is 15.0 Å². The standard InChI is InChI=1S/C19H24N2O3/c20-11-13-3-1-5-18(23)16(13)9-7-15(22)8-10-17-14(12-21)4-2-6-19(17)24/h1-6,23-24H,7-12,20-21H2. The van der Waals surface area contributed by atoms with Crippen LogP contribution in [0.5, 0.6) is 11.5 Å². The summed E-state index contributed by atoms with van der Waals surface area (Å²) in [5.74, 6) is 0.432. The van der Waals surface area contributed by atoms with Gasteiger partial charge in [0, 0.05) is 25.9 Å². The molecule has 5 heteroatoms. The van der Waals surface area contributed by atoms with Crippen LogP contribution in [0.25, 0.3) is 0 Å². The Bertz CT molecular complexity index is 654. The van der Waals surface area contributed by atoms with E-state index in [-0.39, 0.29) is 17.3 Å². The van der Waals surface area contributed by atoms with Gasteiger partial charge >= 0.3 is 0 Å². The van der Waals surface area contributed by atoms with Gasteiger partial charge < -0.3 is 21.7 Å². The van der Waals surface area contributed by atoms with E-state index in [1.165, 1.54) is 0 Å². The van der Waals surface area contributed by atoms with Crippen molar-refractivity contribution in [3.63, 3.8) is 0 Å². The minimum absolute atomic E-state index is 0.0763. The van der Waals surface area contributed by atoms with Crippen LogP contribution in [0.1, 0.15) is 35.1 Å². The summed E-state index contributed by atoms with van der Waals surface area (Å²) < 4.78 is 0. The van der Waals surface area contributed by atoms with Crippen LogP contribution in [-0.2, 0) is 30.7 Å². The van der Waals surface area contributed by atoms with Gasteiger partial charge in [0.1, 0.15) is 17.3 Å². The summed E-state index contributed by atoms with van der Waals surface area (Å²) in [6.45, 7) is 0.658. The molecule has 0 aliphatic heterocycles. The monoisotopic (exact) mass is 328 g/mol. The molecule has 0 aliphatic carbocycles.